The summed E-state index contributed by atoms with van der Waals surface area (Å²) in [7, 11) is 0. The first kappa shape index (κ1) is 17.6. The van der Waals surface area contributed by atoms with Gasteiger partial charge < -0.3 is 15.0 Å². The SMILES string of the molecule is CSc1cc(C)ccc1CNC(=O)N1CC[C@H](N2CCOCC2)C1. The van der Waals surface area contributed by atoms with E-state index in [1.54, 1.807) is 11.8 Å². The molecule has 2 aliphatic rings. The fourth-order valence-electron chi connectivity index (χ4n) is 3.45. The van der Waals surface area contributed by atoms with Crippen LogP contribution in [0.15, 0.2) is 23.1 Å². The molecule has 132 valence electrons. The Labute approximate surface area is 148 Å². The molecule has 5 nitrogen and oxygen atoms in total. The van der Waals surface area contributed by atoms with E-state index in [4.69, 9.17) is 4.74 Å². The van der Waals surface area contributed by atoms with Crippen molar-refractivity contribution in [3.8, 4) is 0 Å². The predicted molar refractivity (Wildman–Crippen MR) is 97.6 cm³/mol. The number of likely N-dealkylation sites (tertiary alicyclic amines) is 1. The number of hydrogen-bond donors (Lipinski definition) is 1. The van der Waals surface area contributed by atoms with Crippen molar-refractivity contribution in [3.63, 3.8) is 0 Å². The number of carbonyl (C=O) groups excluding carboxylic acids is 1. The standard InChI is InChI=1S/C18H27N3O2S/c1-14-3-4-15(17(11-14)24-2)12-19-18(22)21-6-5-16(13-21)20-7-9-23-10-8-20/h3-4,11,16H,5-10,12-13H2,1-2H3,(H,19,22)/t16-/m0/s1. The fraction of sp³-hybridized carbons (Fsp3) is 0.611. The number of ether oxygens (including phenoxy) is 1. The lowest BCUT2D eigenvalue weighted by atomic mass is 10.1. The third-order valence-corrected chi connectivity index (χ3v) is 5.71. The molecule has 0 bridgehead atoms. The third kappa shape index (κ3) is 4.23. The molecule has 1 N–H and O–H groups in total. The molecule has 2 aliphatic heterocycles. The van der Waals surface area contributed by atoms with Crippen LogP contribution in [-0.2, 0) is 11.3 Å². The zero-order valence-electron chi connectivity index (χ0n) is 14.6. The Balaban J connectivity index is 1.51. The van der Waals surface area contributed by atoms with Gasteiger partial charge in [0.15, 0.2) is 0 Å². The molecule has 2 saturated heterocycles. The number of amides is 2. The smallest absolute Gasteiger partial charge is 0.317 e. The van der Waals surface area contributed by atoms with Crippen molar-refractivity contribution in [2.75, 3.05) is 45.6 Å². The number of hydrogen-bond acceptors (Lipinski definition) is 4. The number of rotatable bonds is 4. The molecule has 0 saturated carbocycles. The largest absolute Gasteiger partial charge is 0.379 e. The third-order valence-electron chi connectivity index (χ3n) is 4.89. The molecule has 1 atom stereocenters. The van der Waals surface area contributed by atoms with E-state index in [-0.39, 0.29) is 6.03 Å². The number of morpholine rings is 1. The van der Waals surface area contributed by atoms with Crippen molar-refractivity contribution in [1.82, 2.24) is 15.1 Å². The minimum Gasteiger partial charge on any atom is -0.379 e. The van der Waals surface area contributed by atoms with Gasteiger partial charge in [0.25, 0.3) is 0 Å². The normalized spacial score (nSPS) is 21.9. The molecule has 2 fully saturated rings. The van der Waals surface area contributed by atoms with Gasteiger partial charge >= 0.3 is 6.03 Å². The van der Waals surface area contributed by atoms with Gasteiger partial charge in [0, 0.05) is 43.7 Å². The van der Waals surface area contributed by atoms with Crippen LogP contribution in [0.1, 0.15) is 17.5 Å². The van der Waals surface area contributed by atoms with E-state index in [9.17, 15) is 4.79 Å². The Morgan fingerprint density at radius 2 is 2.12 bits per heavy atom. The van der Waals surface area contributed by atoms with E-state index in [1.807, 2.05) is 4.90 Å². The number of carbonyl (C=O) groups is 1. The Bertz CT molecular complexity index is 575. The summed E-state index contributed by atoms with van der Waals surface area (Å²) in [5.74, 6) is 0. The van der Waals surface area contributed by atoms with E-state index in [2.05, 4.69) is 41.6 Å². The molecular formula is C18H27N3O2S. The summed E-state index contributed by atoms with van der Waals surface area (Å²) in [6.07, 6.45) is 3.14. The van der Waals surface area contributed by atoms with Gasteiger partial charge in [0.1, 0.15) is 0 Å². The molecule has 0 spiro atoms. The van der Waals surface area contributed by atoms with Gasteiger partial charge in [-0.3, -0.25) is 4.90 Å². The molecule has 0 aromatic heterocycles. The van der Waals surface area contributed by atoms with Crippen LogP contribution >= 0.6 is 11.8 Å². The van der Waals surface area contributed by atoms with Gasteiger partial charge in [-0.1, -0.05) is 12.1 Å². The van der Waals surface area contributed by atoms with E-state index in [1.165, 1.54) is 16.0 Å². The predicted octanol–water partition coefficient (Wildman–Crippen LogP) is 2.33. The molecule has 1 aromatic rings. The molecular weight excluding hydrogens is 322 g/mol. The summed E-state index contributed by atoms with van der Waals surface area (Å²) < 4.78 is 5.41. The highest BCUT2D eigenvalue weighted by Crippen LogP contribution is 2.22. The zero-order valence-corrected chi connectivity index (χ0v) is 15.4. The van der Waals surface area contributed by atoms with Gasteiger partial charge in [-0.05, 0) is 36.8 Å². The molecule has 1 aromatic carbocycles. The summed E-state index contributed by atoms with van der Waals surface area (Å²) >= 11 is 1.73. The average molecular weight is 350 g/mol. The van der Waals surface area contributed by atoms with Crippen LogP contribution < -0.4 is 5.32 Å². The lowest BCUT2D eigenvalue weighted by molar-refractivity contribution is 0.0191. The van der Waals surface area contributed by atoms with Crippen molar-refractivity contribution >= 4 is 17.8 Å². The lowest BCUT2D eigenvalue weighted by Gasteiger charge is -2.32. The zero-order chi connectivity index (χ0) is 16.9. The number of urea groups is 1. The minimum atomic E-state index is 0.0541. The van der Waals surface area contributed by atoms with Crippen LogP contribution in [0.25, 0.3) is 0 Å². The van der Waals surface area contributed by atoms with Crippen molar-refractivity contribution in [3.05, 3.63) is 29.3 Å². The van der Waals surface area contributed by atoms with Gasteiger partial charge in [-0.25, -0.2) is 4.79 Å². The quantitative estimate of drug-likeness (QED) is 0.848. The Hall–Kier alpha value is -1.24. The van der Waals surface area contributed by atoms with Crippen LogP contribution in [0.2, 0.25) is 0 Å². The van der Waals surface area contributed by atoms with E-state index in [0.29, 0.717) is 12.6 Å². The van der Waals surface area contributed by atoms with E-state index in [0.717, 1.165) is 45.8 Å². The van der Waals surface area contributed by atoms with Crippen molar-refractivity contribution in [2.45, 2.75) is 30.8 Å². The maximum atomic E-state index is 12.5. The van der Waals surface area contributed by atoms with Crippen molar-refractivity contribution in [1.29, 1.82) is 0 Å². The summed E-state index contributed by atoms with van der Waals surface area (Å²) in [4.78, 5) is 18.1. The van der Waals surface area contributed by atoms with E-state index < -0.39 is 0 Å². The molecule has 2 heterocycles. The molecule has 0 aliphatic carbocycles. The number of benzene rings is 1. The molecule has 0 unspecified atom stereocenters. The first-order valence-electron chi connectivity index (χ1n) is 8.65. The van der Waals surface area contributed by atoms with Crippen LogP contribution in [0, 0.1) is 6.92 Å². The summed E-state index contributed by atoms with van der Waals surface area (Å²) in [6, 6.07) is 6.93. The van der Waals surface area contributed by atoms with Crippen LogP contribution in [-0.4, -0.2) is 67.5 Å². The Morgan fingerprint density at radius 1 is 1.33 bits per heavy atom. The first-order chi connectivity index (χ1) is 11.7. The summed E-state index contributed by atoms with van der Waals surface area (Å²) in [5.41, 5.74) is 2.44. The van der Waals surface area contributed by atoms with Gasteiger partial charge in [0.05, 0.1) is 13.2 Å². The fourth-order valence-corrected chi connectivity index (χ4v) is 4.15. The topological polar surface area (TPSA) is 44.8 Å². The minimum absolute atomic E-state index is 0.0541. The monoisotopic (exact) mass is 349 g/mol. The number of thioether (sulfide) groups is 1. The summed E-state index contributed by atoms with van der Waals surface area (Å²) in [5, 5.41) is 3.09. The Kier molecular flexibility index (Phi) is 6.03. The Morgan fingerprint density at radius 3 is 2.88 bits per heavy atom. The van der Waals surface area contributed by atoms with Gasteiger partial charge in [0.2, 0.25) is 0 Å². The molecule has 0 radical (unpaired) electrons. The second-order valence-electron chi connectivity index (χ2n) is 6.51. The van der Waals surface area contributed by atoms with E-state index >= 15 is 0 Å². The highest BCUT2D eigenvalue weighted by atomic mass is 32.2. The van der Waals surface area contributed by atoms with Crippen LogP contribution in [0.5, 0.6) is 0 Å². The molecule has 6 heteroatoms. The lowest BCUT2D eigenvalue weighted by Crippen LogP contribution is -2.46. The molecule has 24 heavy (non-hydrogen) atoms. The second-order valence-corrected chi connectivity index (χ2v) is 7.36. The van der Waals surface area contributed by atoms with Crippen LogP contribution in [0.4, 0.5) is 4.79 Å². The number of aryl methyl sites for hydroxylation is 1. The van der Waals surface area contributed by atoms with Crippen molar-refractivity contribution < 1.29 is 9.53 Å². The highest BCUT2D eigenvalue weighted by molar-refractivity contribution is 7.98. The van der Waals surface area contributed by atoms with Gasteiger partial charge in [-0.2, -0.15) is 0 Å². The highest BCUT2D eigenvalue weighted by Gasteiger charge is 2.31. The average Bonchev–Trinajstić information content (AvgIpc) is 3.11. The summed E-state index contributed by atoms with van der Waals surface area (Å²) in [6.45, 7) is 7.96. The first-order valence-corrected chi connectivity index (χ1v) is 9.88. The molecule has 3 rings (SSSR count). The number of nitrogens with one attached hydrogen (secondary N) is 1. The second kappa shape index (κ2) is 8.23. The maximum Gasteiger partial charge on any atom is 0.317 e. The van der Waals surface area contributed by atoms with Crippen LogP contribution in [0.3, 0.4) is 0 Å². The number of nitrogens with zero attached hydrogens (tertiary/aromatic N) is 2. The van der Waals surface area contributed by atoms with Crippen molar-refractivity contribution in [2.24, 2.45) is 0 Å². The maximum absolute atomic E-state index is 12.5. The van der Waals surface area contributed by atoms with Gasteiger partial charge in [-0.15, -0.1) is 11.8 Å². The molecule has 2 amide bonds.